The van der Waals surface area contributed by atoms with E-state index < -0.39 is 23.9 Å². The maximum Gasteiger partial charge on any atom is 0.343 e. The second kappa shape index (κ2) is 31.9. The van der Waals surface area contributed by atoms with Crippen LogP contribution in [0.4, 0.5) is 0 Å². The van der Waals surface area contributed by atoms with E-state index in [1.165, 1.54) is 0 Å². The molecule has 420 valence electrons. The van der Waals surface area contributed by atoms with Crippen molar-refractivity contribution in [1.82, 2.24) is 9.97 Å². The van der Waals surface area contributed by atoms with Gasteiger partial charge in [-0.25, -0.2) is 29.1 Å². The third kappa shape index (κ3) is 19.2. The quantitative estimate of drug-likeness (QED) is 0.0129. The number of ether oxygens (including phenoxy) is 10. The Morgan fingerprint density at radius 1 is 0.525 bits per heavy atom. The number of unbranched alkanes of at least 4 members (excludes halogenated alkanes) is 3. The molecular formula is C63H68N2O15. The first-order valence-electron chi connectivity index (χ1n) is 27.0. The molecule has 0 amide bonds. The molecule has 2 aliphatic carbocycles. The Balaban J connectivity index is 0.962. The molecule has 17 heteroatoms. The normalized spacial score (nSPS) is 15.6. The molecule has 0 N–H and O–H groups in total. The molecule has 1 fully saturated rings. The number of hydrogen-bond donors (Lipinski definition) is 0. The van der Waals surface area contributed by atoms with Gasteiger partial charge in [-0.3, -0.25) is 4.79 Å². The Kier molecular flexibility index (Phi) is 23.6. The summed E-state index contributed by atoms with van der Waals surface area (Å²) in [7, 11) is 0. The van der Waals surface area contributed by atoms with Gasteiger partial charge in [0.25, 0.3) is 0 Å². The first-order chi connectivity index (χ1) is 39.1. The van der Waals surface area contributed by atoms with Crippen molar-refractivity contribution in [2.24, 2.45) is 11.8 Å². The van der Waals surface area contributed by atoms with Crippen molar-refractivity contribution in [3.8, 4) is 51.3 Å². The number of aromatic nitrogens is 2. The van der Waals surface area contributed by atoms with Crippen LogP contribution >= 0.6 is 0 Å². The van der Waals surface area contributed by atoms with Crippen molar-refractivity contribution in [1.29, 1.82) is 0 Å². The lowest BCUT2D eigenvalue weighted by atomic mass is 9.82. The molecule has 4 aromatic carbocycles. The minimum atomic E-state index is -0.516. The lowest BCUT2D eigenvalue weighted by Crippen LogP contribution is -2.27. The van der Waals surface area contributed by atoms with Gasteiger partial charge in [0.2, 0.25) is 0 Å². The Morgan fingerprint density at radius 2 is 1.11 bits per heavy atom. The summed E-state index contributed by atoms with van der Waals surface area (Å²) in [5, 5.41) is 0. The summed E-state index contributed by atoms with van der Waals surface area (Å²) < 4.78 is 56.3. The van der Waals surface area contributed by atoms with E-state index in [0.29, 0.717) is 114 Å². The number of carbonyl (C=O) groups is 5. The molecule has 80 heavy (non-hydrogen) atoms. The van der Waals surface area contributed by atoms with Gasteiger partial charge in [-0.15, -0.1) is 0 Å². The number of rotatable bonds is 32. The maximum atomic E-state index is 13.5. The number of benzene rings is 4. The molecule has 0 saturated heterocycles. The zero-order valence-electron chi connectivity index (χ0n) is 44.9. The Morgan fingerprint density at radius 3 is 1.80 bits per heavy atom. The van der Waals surface area contributed by atoms with Gasteiger partial charge in [-0.2, -0.15) is 0 Å². The summed E-state index contributed by atoms with van der Waals surface area (Å²) in [6, 6.07) is 27.2. The van der Waals surface area contributed by atoms with Gasteiger partial charge in [0.15, 0.2) is 0 Å². The van der Waals surface area contributed by atoms with Gasteiger partial charge in [0, 0.05) is 48.4 Å². The van der Waals surface area contributed by atoms with Gasteiger partial charge in [0.05, 0.1) is 79.7 Å². The van der Waals surface area contributed by atoms with Crippen LogP contribution in [0.1, 0.15) is 64.2 Å². The number of esters is 5. The molecule has 0 aliphatic heterocycles. The standard InChI is InChI=1S/C63H68N2O15/c1-4-57(66)75-33-10-8-7-9-32-72-49-24-22-46(23-25-49)63(70)80-54-17-12-15-48(41-54)61-60(64-55-31-30-53(42-56(55)65-61)74-38-36-71-37-39-77-59(68)6-3)47-14-11-16-52(40-47)78-43-44-18-20-45(21-19-44)62(69)79-51-28-26-50(27-29-51)73-34-13-35-76-58(67)5-2/h4-6,11-12,14-17,22-24,26-31,40-42,44-45,49H,1-3,7-10,13,18-21,25,32-39,43H2. The molecule has 7 rings (SSSR count). The fourth-order valence-corrected chi connectivity index (χ4v) is 8.68. The van der Waals surface area contributed by atoms with Crippen LogP contribution in [0, 0.1) is 11.8 Å². The van der Waals surface area contributed by atoms with E-state index in [1.54, 1.807) is 54.6 Å². The molecule has 0 radical (unpaired) electrons. The van der Waals surface area contributed by atoms with Crippen molar-refractivity contribution in [2.45, 2.75) is 70.3 Å². The SMILES string of the molecule is C=CC(=O)OCCCCCCOC1C=CC(C(=O)Oc2cccc(-c3nc4cc(OCCOCCOC(=O)C=C)ccc4nc3-c3cccc(OCC4CCC(C(=O)Oc5ccc(OCCCOC(=O)C=C)cc5)CC4)c3)c2)=CC1. The Labute approximate surface area is 466 Å². The molecule has 5 aromatic rings. The summed E-state index contributed by atoms with van der Waals surface area (Å²) >= 11 is 0. The second-order valence-electron chi connectivity index (χ2n) is 18.8. The highest BCUT2D eigenvalue weighted by molar-refractivity contribution is 5.94. The highest BCUT2D eigenvalue weighted by Gasteiger charge is 2.28. The molecule has 1 heterocycles. The average Bonchev–Trinajstić information content (AvgIpc) is 3.50. The van der Waals surface area contributed by atoms with Crippen LogP contribution in [-0.4, -0.2) is 105 Å². The third-order valence-electron chi connectivity index (χ3n) is 13.0. The molecule has 17 nitrogen and oxygen atoms in total. The molecule has 1 saturated carbocycles. The van der Waals surface area contributed by atoms with E-state index in [-0.39, 0.29) is 56.9 Å². The average molecular weight is 1090 g/mol. The Bertz CT molecular complexity index is 2980. The van der Waals surface area contributed by atoms with E-state index in [1.807, 2.05) is 54.6 Å². The van der Waals surface area contributed by atoms with Crippen LogP contribution in [0.3, 0.4) is 0 Å². The summed E-state index contributed by atoms with van der Waals surface area (Å²) in [4.78, 5) is 70.7. The van der Waals surface area contributed by atoms with Crippen molar-refractivity contribution >= 4 is 40.9 Å². The molecule has 1 aromatic heterocycles. The van der Waals surface area contributed by atoms with Gasteiger partial charge in [0.1, 0.15) is 42.0 Å². The van der Waals surface area contributed by atoms with Gasteiger partial charge in [-0.1, -0.05) is 62.6 Å². The van der Waals surface area contributed by atoms with E-state index in [2.05, 4.69) is 19.7 Å². The lowest BCUT2D eigenvalue weighted by molar-refractivity contribution is -0.141. The largest absolute Gasteiger partial charge is 0.493 e. The highest BCUT2D eigenvalue weighted by atomic mass is 16.6. The zero-order valence-corrected chi connectivity index (χ0v) is 44.9. The van der Waals surface area contributed by atoms with Gasteiger partial charge >= 0.3 is 29.8 Å². The van der Waals surface area contributed by atoms with Crippen LogP contribution in [0.5, 0.6) is 28.7 Å². The van der Waals surface area contributed by atoms with Crippen LogP contribution < -0.4 is 23.7 Å². The van der Waals surface area contributed by atoms with Crippen molar-refractivity contribution in [3.63, 3.8) is 0 Å². The predicted molar refractivity (Wildman–Crippen MR) is 299 cm³/mol. The summed E-state index contributed by atoms with van der Waals surface area (Å²) in [5.74, 6) is 0.415. The van der Waals surface area contributed by atoms with Crippen molar-refractivity contribution < 1.29 is 71.3 Å². The van der Waals surface area contributed by atoms with Crippen LogP contribution in [0.15, 0.2) is 153 Å². The number of carbonyl (C=O) groups excluding carboxylic acids is 5. The number of nitrogens with zero attached hydrogens (tertiary/aromatic N) is 2. The number of hydrogen-bond acceptors (Lipinski definition) is 17. The first kappa shape index (κ1) is 59.3. The summed E-state index contributed by atoms with van der Waals surface area (Å²) in [6.07, 6.45) is 16.1. The molecule has 0 bridgehead atoms. The monoisotopic (exact) mass is 1090 g/mol. The van der Waals surface area contributed by atoms with Crippen molar-refractivity contribution in [3.05, 3.63) is 153 Å². The topological polar surface area (TPSA) is 203 Å². The summed E-state index contributed by atoms with van der Waals surface area (Å²) in [6.45, 7) is 13.0. The smallest absolute Gasteiger partial charge is 0.343 e. The Hall–Kier alpha value is -8.41. The summed E-state index contributed by atoms with van der Waals surface area (Å²) in [5.41, 5.74) is 4.12. The molecule has 1 atom stereocenters. The van der Waals surface area contributed by atoms with E-state index in [9.17, 15) is 24.0 Å². The van der Waals surface area contributed by atoms with E-state index >= 15 is 0 Å². The van der Waals surface area contributed by atoms with E-state index in [0.717, 1.165) is 62.3 Å². The molecule has 1 unspecified atom stereocenters. The van der Waals surface area contributed by atoms with Gasteiger partial charge in [-0.05, 0) is 124 Å². The van der Waals surface area contributed by atoms with E-state index in [4.69, 9.17) is 57.3 Å². The first-order valence-corrected chi connectivity index (χ1v) is 27.0. The molecule has 2 aliphatic rings. The maximum absolute atomic E-state index is 13.5. The van der Waals surface area contributed by atoms with Crippen LogP contribution in [0.25, 0.3) is 33.5 Å². The second-order valence-corrected chi connectivity index (χ2v) is 18.8. The molecule has 0 spiro atoms. The number of fused-ring (bicyclic) bond motifs is 1. The predicted octanol–water partition coefficient (Wildman–Crippen LogP) is 10.8. The van der Waals surface area contributed by atoms with Crippen LogP contribution in [-0.2, 0) is 47.7 Å². The van der Waals surface area contributed by atoms with Gasteiger partial charge < -0.3 is 47.4 Å². The zero-order chi connectivity index (χ0) is 56.3. The highest BCUT2D eigenvalue weighted by Crippen LogP contribution is 2.36. The minimum absolute atomic E-state index is 0.101. The molecular weight excluding hydrogens is 1020 g/mol. The third-order valence-corrected chi connectivity index (χ3v) is 13.0. The fraction of sp³-hybridized carbons (Fsp3) is 0.349. The van der Waals surface area contributed by atoms with Crippen molar-refractivity contribution in [2.75, 3.05) is 59.5 Å². The lowest BCUT2D eigenvalue weighted by Gasteiger charge is -2.27. The minimum Gasteiger partial charge on any atom is -0.493 e. The van der Waals surface area contributed by atoms with Crippen LogP contribution in [0.2, 0.25) is 0 Å². The fourth-order valence-electron chi connectivity index (χ4n) is 8.68.